The smallest absolute Gasteiger partial charge is 0.316 e. The Morgan fingerprint density at radius 1 is 1.39 bits per heavy atom. The Morgan fingerprint density at radius 2 is 2.06 bits per heavy atom. The van der Waals surface area contributed by atoms with Gasteiger partial charge in [0.15, 0.2) is 0 Å². The fourth-order valence-corrected chi connectivity index (χ4v) is 1.73. The molecule has 0 spiro atoms. The van der Waals surface area contributed by atoms with Crippen LogP contribution in [-0.2, 0) is 0 Å². The fourth-order valence-electron chi connectivity index (χ4n) is 1.73. The van der Waals surface area contributed by atoms with Gasteiger partial charge < -0.3 is 10.7 Å². The zero-order valence-electron chi connectivity index (χ0n) is 10.8. The first-order valence-electron chi connectivity index (χ1n) is 6.04. The third-order valence-corrected chi connectivity index (χ3v) is 2.65. The predicted molar refractivity (Wildman–Crippen MR) is 73.5 cm³/mol. The minimum Gasteiger partial charge on any atom is -0.379 e. The Kier molecular flexibility index (Phi) is 5.38. The van der Waals surface area contributed by atoms with E-state index in [0.717, 1.165) is 12.8 Å². The lowest BCUT2D eigenvalue weighted by atomic mass is 10.1. The van der Waals surface area contributed by atoms with Gasteiger partial charge in [-0.1, -0.05) is 19.9 Å². The summed E-state index contributed by atoms with van der Waals surface area (Å²) in [7, 11) is 0. The van der Waals surface area contributed by atoms with Crippen LogP contribution in [0.15, 0.2) is 18.2 Å². The average Bonchev–Trinajstić information content (AvgIpc) is 2.33. The van der Waals surface area contributed by atoms with Crippen molar-refractivity contribution < 1.29 is 4.92 Å². The molecule has 0 bridgehead atoms. The van der Waals surface area contributed by atoms with Crippen LogP contribution < -0.4 is 16.6 Å². The molecule has 1 aromatic rings. The highest BCUT2D eigenvalue weighted by molar-refractivity contribution is 5.75. The van der Waals surface area contributed by atoms with Gasteiger partial charge in [0.05, 0.1) is 4.92 Å². The zero-order chi connectivity index (χ0) is 13.5. The van der Waals surface area contributed by atoms with E-state index in [0.29, 0.717) is 23.8 Å². The molecule has 0 saturated heterocycles. The van der Waals surface area contributed by atoms with Crippen LogP contribution in [0, 0.1) is 16.0 Å². The molecule has 1 aromatic carbocycles. The third kappa shape index (κ3) is 3.89. The Morgan fingerprint density at radius 3 is 2.61 bits per heavy atom. The van der Waals surface area contributed by atoms with Gasteiger partial charge in [-0.15, -0.1) is 0 Å². The number of nitrogen functional groups attached to an aromatic ring is 1. The molecule has 0 aliphatic carbocycles. The number of nitrogens with zero attached hydrogens (tertiary/aromatic N) is 1. The second-order valence-electron chi connectivity index (χ2n) is 4.57. The van der Waals surface area contributed by atoms with Crippen molar-refractivity contribution in [3.63, 3.8) is 0 Å². The van der Waals surface area contributed by atoms with E-state index in [-0.39, 0.29) is 5.69 Å². The van der Waals surface area contributed by atoms with Gasteiger partial charge in [0.2, 0.25) is 0 Å². The molecule has 0 aliphatic heterocycles. The van der Waals surface area contributed by atoms with Crippen LogP contribution in [0.2, 0.25) is 0 Å². The number of benzene rings is 1. The van der Waals surface area contributed by atoms with E-state index in [4.69, 9.17) is 5.84 Å². The summed E-state index contributed by atoms with van der Waals surface area (Å²) >= 11 is 0. The molecule has 0 amide bonds. The quantitative estimate of drug-likeness (QED) is 0.300. The molecule has 0 aromatic heterocycles. The molecule has 0 heterocycles. The summed E-state index contributed by atoms with van der Waals surface area (Å²) in [6.45, 7) is 5.02. The Balaban J connectivity index is 2.72. The third-order valence-electron chi connectivity index (χ3n) is 2.65. The van der Waals surface area contributed by atoms with Gasteiger partial charge in [0.25, 0.3) is 0 Å². The number of nitrogens with one attached hydrogen (secondary N) is 2. The molecule has 0 fully saturated rings. The zero-order valence-corrected chi connectivity index (χ0v) is 10.8. The molecule has 6 nitrogen and oxygen atoms in total. The van der Waals surface area contributed by atoms with Gasteiger partial charge in [-0.25, -0.2) is 0 Å². The molecular formula is C12H20N4O2. The second-order valence-corrected chi connectivity index (χ2v) is 4.57. The van der Waals surface area contributed by atoms with Crippen LogP contribution in [0.25, 0.3) is 0 Å². The van der Waals surface area contributed by atoms with Gasteiger partial charge in [-0.2, -0.15) is 0 Å². The molecule has 0 saturated carbocycles. The number of para-hydroxylation sites is 1. The SMILES string of the molecule is CC(C)CCCNc1cccc(NN)c1[N+](=O)[O-]. The lowest BCUT2D eigenvalue weighted by Crippen LogP contribution is -2.11. The lowest BCUT2D eigenvalue weighted by molar-refractivity contribution is -0.383. The topological polar surface area (TPSA) is 93.2 Å². The van der Waals surface area contributed by atoms with Crippen LogP contribution >= 0.6 is 0 Å². The average molecular weight is 252 g/mol. The maximum absolute atomic E-state index is 11.0. The number of hydrazine groups is 1. The summed E-state index contributed by atoms with van der Waals surface area (Å²) in [5.74, 6) is 5.91. The monoisotopic (exact) mass is 252 g/mol. The predicted octanol–water partition coefficient (Wildman–Crippen LogP) is 2.73. The number of nitro benzene ring substituents is 1. The number of nitro groups is 1. The number of hydrogen-bond donors (Lipinski definition) is 3. The summed E-state index contributed by atoms with van der Waals surface area (Å²) in [6, 6.07) is 5.00. The van der Waals surface area contributed by atoms with Crippen LogP contribution in [0.1, 0.15) is 26.7 Å². The van der Waals surface area contributed by atoms with Gasteiger partial charge >= 0.3 is 5.69 Å². The molecule has 100 valence electrons. The fraction of sp³-hybridized carbons (Fsp3) is 0.500. The van der Waals surface area contributed by atoms with E-state index in [1.54, 1.807) is 18.2 Å². The molecule has 0 unspecified atom stereocenters. The normalized spacial score (nSPS) is 10.4. The Bertz CT molecular complexity index is 407. The molecule has 0 radical (unpaired) electrons. The van der Waals surface area contributed by atoms with Crippen molar-refractivity contribution in [1.82, 2.24) is 0 Å². The minimum absolute atomic E-state index is 0.00968. The molecule has 0 aliphatic rings. The summed E-state index contributed by atoms with van der Waals surface area (Å²) in [6.07, 6.45) is 2.07. The van der Waals surface area contributed by atoms with Crippen molar-refractivity contribution in [2.75, 3.05) is 17.3 Å². The van der Waals surface area contributed by atoms with Gasteiger partial charge in [-0.3, -0.25) is 16.0 Å². The van der Waals surface area contributed by atoms with Gasteiger partial charge in [0, 0.05) is 6.54 Å². The maximum atomic E-state index is 11.0. The van der Waals surface area contributed by atoms with E-state index in [2.05, 4.69) is 24.6 Å². The molecule has 1 rings (SSSR count). The summed E-state index contributed by atoms with van der Waals surface area (Å²) in [5, 5.41) is 14.1. The first kappa shape index (κ1) is 14.2. The standard InChI is InChI=1S/C12H20N4O2/c1-9(2)5-4-8-14-10-6-3-7-11(15-13)12(10)16(17)18/h3,6-7,9,14-15H,4-5,8,13H2,1-2H3. The van der Waals surface area contributed by atoms with Crippen LogP contribution in [-0.4, -0.2) is 11.5 Å². The maximum Gasteiger partial charge on any atom is 0.316 e. The molecule has 6 heteroatoms. The van der Waals surface area contributed by atoms with Gasteiger partial charge in [-0.05, 0) is 30.9 Å². The van der Waals surface area contributed by atoms with Crippen molar-refractivity contribution in [3.8, 4) is 0 Å². The van der Waals surface area contributed by atoms with Crippen LogP contribution in [0.3, 0.4) is 0 Å². The van der Waals surface area contributed by atoms with E-state index in [1.807, 2.05) is 0 Å². The number of anilines is 2. The van der Waals surface area contributed by atoms with E-state index < -0.39 is 4.92 Å². The van der Waals surface area contributed by atoms with Crippen molar-refractivity contribution in [2.45, 2.75) is 26.7 Å². The van der Waals surface area contributed by atoms with E-state index in [9.17, 15) is 10.1 Å². The number of hydrogen-bond acceptors (Lipinski definition) is 5. The molecule has 18 heavy (non-hydrogen) atoms. The molecule has 4 N–H and O–H groups in total. The van der Waals surface area contributed by atoms with Crippen molar-refractivity contribution in [2.24, 2.45) is 11.8 Å². The minimum atomic E-state index is -0.431. The largest absolute Gasteiger partial charge is 0.379 e. The Hall–Kier alpha value is -1.82. The number of rotatable bonds is 7. The highest BCUT2D eigenvalue weighted by atomic mass is 16.6. The summed E-state index contributed by atoms with van der Waals surface area (Å²) in [5.41, 5.74) is 3.15. The first-order valence-corrected chi connectivity index (χ1v) is 6.04. The van der Waals surface area contributed by atoms with Crippen molar-refractivity contribution >= 4 is 17.1 Å². The molecule has 0 atom stereocenters. The van der Waals surface area contributed by atoms with Crippen molar-refractivity contribution in [1.29, 1.82) is 0 Å². The van der Waals surface area contributed by atoms with E-state index >= 15 is 0 Å². The summed E-state index contributed by atoms with van der Waals surface area (Å²) < 4.78 is 0. The van der Waals surface area contributed by atoms with Crippen LogP contribution in [0.4, 0.5) is 17.1 Å². The molecular weight excluding hydrogens is 232 g/mol. The highest BCUT2D eigenvalue weighted by Gasteiger charge is 2.18. The Labute approximate surface area is 107 Å². The summed E-state index contributed by atoms with van der Waals surface area (Å²) in [4.78, 5) is 10.6. The number of nitrogens with two attached hydrogens (primary N) is 1. The van der Waals surface area contributed by atoms with Crippen LogP contribution in [0.5, 0.6) is 0 Å². The second kappa shape index (κ2) is 6.80. The first-order chi connectivity index (χ1) is 8.56. The lowest BCUT2D eigenvalue weighted by Gasteiger charge is -2.10. The van der Waals surface area contributed by atoms with Gasteiger partial charge in [0.1, 0.15) is 11.4 Å². The highest BCUT2D eigenvalue weighted by Crippen LogP contribution is 2.32. The van der Waals surface area contributed by atoms with E-state index in [1.165, 1.54) is 0 Å². The van der Waals surface area contributed by atoms with Crippen molar-refractivity contribution in [3.05, 3.63) is 28.3 Å².